The second-order valence-electron chi connectivity index (χ2n) is 7.54. The predicted molar refractivity (Wildman–Crippen MR) is 122 cm³/mol. The third kappa shape index (κ3) is 4.93. The average molecular weight is 516 g/mol. The van der Waals surface area contributed by atoms with E-state index in [2.05, 4.69) is 15.3 Å². The number of amides is 1. The molecule has 4 rings (SSSR count). The van der Waals surface area contributed by atoms with Gasteiger partial charge in [0.2, 0.25) is 10.0 Å². The van der Waals surface area contributed by atoms with Crippen LogP contribution < -0.4 is 15.4 Å². The monoisotopic (exact) mass is 515 g/mol. The fraction of sp³-hybridized carbons (Fsp3) is 0.350. The Hall–Kier alpha value is -2.97. The Morgan fingerprint density at radius 2 is 2.06 bits per heavy atom. The zero-order valence-electron chi connectivity index (χ0n) is 17.8. The molecule has 1 saturated heterocycles. The largest absolute Gasteiger partial charge is 0.379 e. The number of hydrogen-bond acceptors (Lipinski definition) is 8. The van der Waals surface area contributed by atoms with Crippen molar-refractivity contribution in [3.05, 3.63) is 40.8 Å². The highest BCUT2D eigenvalue weighted by Gasteiger charge is 2.26. The van der Waals surface area contributed by atoms with Crippen molar-refractivity contribution in [1.82, 2.24) is 9.97 Å². The molecule has 182 valence electrons. The first-order chi connectivity index (χ1) is 16.2. The molecule has 1 unspecified atom stereocenters. The lowest BCUT2D eigenvalue weighted by Gasteiger charge is -2.13. The highest BCUT2D eigenvalue weighted by molar-refractivity contribution is 7.92. The normalized spacial score (nSPS) is 16.1. The van der Waals surface area contributed by atoms with E-state index < -0.39 is 44.8 Å². The number of nitrogens with zero attached hydrogens (tertiary/aromatic N) is 2. The van der Waals surface area contributed by atoms with Crippen LogP contribution in [0.15, 0.2) is 17.8 Å². The van der Waals surface area contributed by atoms with Crippen molar-refractivity contribution in [1.29, 1.82) is 0 Å². The summed E-state index contributed by atoms with van der Waals surface area (Å²) in [6.07, 6.45) is 2.25. The standard InChI is InChI=1S/C20H20F3N5O4S2/c1-2-5-34(30,31)28-13-6-12(21)14(22)17(15(13)23)27-20(29)11-8-33-18-16(11)24-9-25-19(18)26-10-3-4-32-7-10/h6,8-10,28H,2-5,7H2,1H3,(H,27,29)(H,24,25,26). The van der Waals surface area contributed by atoms with Gasteiger partial charge in [-0.1, -0.05) is 6.92 Å². The molecule has 0 bridgehead atoms. The SMILES string of the molecule is CCCS(=O)(=O)Nc1cc(F)c(F)c(NC(=O)c2csc3c(NC4CCOC4)ncnc23)c1F. The van der Waals surface area contributed by atoms with Gasteiger partial charge in [0.05, 0.1) is 39.9 Å². The van der Waals surface area contributed by atoms with E-state index in [1.165, 1.54) is 11.7 Å². The number of carbonyl (C=O) groups excluding carboxylic acids is 1. The van der Waals surface area contributed by atoms with E-state index in [1.54, 1.807) is 6.92 Å². The Balaban J connectivity index is 1.64. The fourth-order valence-electron chi connectivity index (χ4n) is 3.41. The summed E-state index contributed by atoms with van der Waals surface area (Å²) in [5.41, 5.74) is -1.70. The zero-order valence-corrected chi connectivity index (χ0v) is 19.5. The number of hydrogen-bond donors (Lipinski definition) is 3. The van der Waals surface area contributed by atoms with E-state index >= 15 is 0 Å². The molecule has 0 spiro atoms. The van der Waals surface area contributed by atoms with Gasteiger partial charge in [0.1, 0.15) is 17.8 Å². The molecule has 14 heteroatoms. The van der Waals surface area contributed by atoms with Gasteiger partial charge in [-0.05, 0) is 12.8 Å². The third-order valence-electron chi connectivity index (χ3n) is 5.00. The van der Waals surface area contributed by atoms with Gasteiger partial charge in [0, 0.05) is 18.1 Å². The molecule has 1 aliphatic rings. The first-order valence-electron chi connectivity index (χ1n) is 10.3. The van der Waals surface area contributed by atoms with Crippen LogP contribution in [0.1, 0.15) is 30.1 Å². The van der Waals surface area contributed by atoms with Crippen molar-refractivity contribution in [2.75, 3.05) is 34.3 Å². The highest BCUT2D eigenvalue weighted by atomic mass is 32.2. The summed E-state index contributed by atoms with van der Waals surface area (Å²) < 4.78 is 75.1. The molecular formula is C20H20F3N5O4S2. The maximum Gasteiger partial charge on any atom is 0.258 e. The Labute approximate surface area is 196 Å². The number of halogens is 3. The highest BCUT2D eigenvalue weighted by Crippen LogP contribution is 2.33. The van der Waals surface area contributed by atoms with Gasteiger partial charge in [-0.2, -0.15) is 0 Å². The summed E-state index contributed by atoms with van der Waals surface area (Å²) in [6.45, 7) is 2.71. The van der Waals surface area contributed by atoms with Crippen LogP contribution >= 0.6 is 11.3 Å². The maximum atomic E-state index is 14.9. The summed E-state index contributed by atoms with van der Waals surface area (Å²) in [4.78, 5) is 21.2. The summed E-state index contributed by atoms with van der Waals surface area (Å²) in [5.74, 6) is -5.47. The Bertz CT molecular complexity index is 1340. The zero-order chi connectivity index (χ0) is 24.5. The second kappa shape index (κ2) is 9.72. The van der Waals surface area contributed by atoms with Crippen LogP contribution in [0, 0.1) is 17.5 Å². The molecule has 3 heterocycles. The van der Waals surface area contributed by atoms with Crippen molar-refractivity contribution in [2.45, 2.75) is 25.8 Å². The molecule has 0 radical (unpaired) electrons. The van der Waals surface area contributed by atoms with Crippen LogP contribution in [0.5, 0.6) is 0 Å². The molecule has 2 aromatic heterocycles. The summed E-state index contributed by atoms with van der Waals surface area (Å²) in [5, 5.41) is 6.66. The quantitative estimate of drug-likeness (QED) is 0.391. The maximum absolute atomic E-state index is 14.9. The van der Waals surface area contributed by atoms with E-state index in [0.29, 0.717) is 29.8 Å². The summed E-state index contributed by atoms with van der Waals surface area (Å²) >= 11 is 1.15. The van der Waals surface area contributed by atoms with E-state index in [4.69, 9.17) is 4.74 Å². The van der Waals surface area contributed by atoms with Gasteiger partial charge in [0.25, 0.3) is 5.91 Å². The number of carbonyl (C=O) groups is 1. The molecular weight excluding hydrogens is 495 g/mol. The minimum Gasteiger partial charge on any atom is -0.379 e. The molecule has 1 aromatic carbocycles. The van der Waals surface area contributed by atoms with Gasteiger partial charge in [-0.25, -0.2) is 31.6 Å². The number of fused-ring (bicyclic) bond motifs is 1. The van der Waals surface area contributed by atoms with Crippen LogP contribution in [0.2, 0.25) is 0 Å². The van der Waals surface area contributed by atoms with E-state index in [-0.39, 0.29) is 29.3 Å². The topological polar surface area (TPSA) is 122 Å². The summed E-state index contributed by atoms with van der Waals surface area (Å²) in [6, 6.07) is 0.425. The van der Waals surface area contributed by atoms with E-state index in [9.17, 15) is 26.4 Å². The molecule has 3 N–H and O–H groups in total. The Morgan fingerprint density at radius 1 is 1.26 bits per heavy atom. The van der Waals surface area contributed by atoms with E-state index in [0.717, 1.165) is 17.8 Å². The molecule has 3 aromatic rings. The van der Waals surface area contributed by atoms with Crippen LogP contribution in [0.3, 0.4) is 0 Å². The number of anilines is 3. The molecule has 34 heavy (non-hydrogen) atoms. The number of ether oxygens (including phenoxy) is 1. The van der Waals surface area contributed by atoms with Crippen LogP contribution in [-0.4, -0.2) is 49.3 Å². The molecule has 1 fully saturated rings. The van der Waals surface area contributed by atoms with Crippen molar-refractivity contribution in [3.8, 4) is 0 Å². The van der Waals surface area contributed by atoms with Gasteiger partial charge >= 0.3 is 0 Å². The fourth-order valence-corrected chi connectivity index (χ4v) is 5.49. The minimum atomic E-state index is -3.99. The van der Waals surface area contributed by atoms with Crippen LogP contribution in [0.25, 0.3) is 10.2 Å². The van der Waals surface area contributed by atoms with Crippen molar-refractivity contribution < 1.29 is 31.1 Å². The van der Waals surface area contributed by atoms with Gasteiger partial charge in [-0.15, -0.1) is 11.3 Å². The molecule has 0 aliphatic carbocycles. The lowest BCUT2D eigenvalue weighted by molar-refractivity contribution is 0.102. The molecule has 1 atom stereocenters. The van der Waals surface area contributed by atoms with Crippen molar-refractivity contribution in [2.24, 2.45) is 0 Å². The first-order valence-corrected chi connectivity index (χ1v) is 12.8. The van der Waals surface area contributed by atoms with E-state index in [1.807, 2.05) is 10.0 Å². The molecule has 1 aliphatic heterocycles. The number of benzene rings is 1. The number of aromatic nitrogens is 2. The van der Waals surface area contributed by atoms with Gasteiger partial charge in [0.15, 0.2) is 17.5 Å². The number of rotatable bonds is 8. The predicted octanol–water partition coefficient (Wildman–Crippen LogP) is 3.71. The number of nitrogens with one attached hydrogen (secondary N) is 3. The Kier molecular flexibility index (Phi) is 6.91. The third-order valence-corrected chi connectivity index (χ3v) is 7.45. The van der Waals surface area contributed by atoms with Crippen molar-refractivity contribution in [3.63, 3.8) is 0 Å². The van der Waals surface area contributed by atoms with Crippen molar-refractivity contribution >= 4 is 54.7 Å². The number of thiophene rings is 1. The van der Waals surface area contributed by atoms with Crippen LogP contribution in [0.4, 0.5) is 30.4 Å². The average Bonchev–Trinajstić information content (AvgIpc) is 3.45. The van der Waals surface area contributed by atoms with Crippen LogP contribution in [-0.2, 0) is 14.8 Å². The lowest BCUT2D eigenvalue weighted by Crippen LogP contribution is -2.20. The Morgan fingerprint density at radius 3 is 2.76 bits per heavy atom. The minimum absolute atomic E-state index is 0.00991. The lowest BCUT2D eigenvalue weighted by atomic mass is 10.2. The number of sulfonamides is 1. The molecule has 9 nitrogen and oxygen atoms in total. The first kappa shape index (κ1) is 24.2. The van der Waals surface area contributed by atoms with Gasteiger partial charge < -0.3 is 15.4 Å². The molecule has 1 amide bonds. The second-order valence-corrected chi connectivity index (χ2v) is 10.3. The van der Waals surface area contributed by atoms with Gasteiger partial charge in [-0.3, -0.25) is 9.52 Å². The summed E-state index contributed by atoms with van der Waals surface area (Å²) in [7, 11) is -3.99. The molecule has 0 saturated carbocycles. The smallest absolute Gasteiger partial charge is 0.258 e.